The van der Waals surface area contributed by atoms with Crippen LogP contribution in [0.25, 0.3) is 87.4 Å². The fourth-order valence-electron chi connectivity index (χ4n) is 9.68. The maximum absolute atomic E-state index is 5.51. The van der Waals surface area contributed by atoms with Crippen LogP contribution in [0.4, 0.5) is 0 Å². The molecule has 2 unspecified atom stereocenters. The predicted octanol–water partition coefficient (Wildman–Crippen LogP) is 14.0. The van der Waals surface area contributed by atoms with E-state index in [1.807, 2.05) is 0 Å². The van der Waals surface area contributed by atoms with E-state index in [1.165, 1.54) is 54.6 Å². The summed E-state index contributed by atoms with van der Waals surface area (Å²) in [4.78, 5) is 16.1. The molecule has 0 amide bonds. The van der Waals surface area contributed by atoms with Gasteiger partial charge in [0.1, 0.15) is 0 Å². The molecule has 12 rings (SSSR count). The number of pyridine rings is 3. The molecule has 3 aliphatic rings. The minimum atomic E-state index is 0.104. The van der Waals surface area contributed by atoms with E-state index < -0.39 is 0 Å². The molecule has 0 saturated heterocycles. The van der Waals surface area contributed by atoms with Gasteiger partial charge in [-0.25, -0.2) is 15.0 Å². The summed E-state index contributed by atoms with van der Waals surface area (Å²) in [7, 11) is 0. The number of nitrogens with zero attached hydrogens (tertiary/aromatic N) is 3. The van der Waals surface area contributed by atoms with Gasteiger partial charge in [0.25, 0.3) is 0 Å². The highest BCUT2D eigenvalue weighted by Crippen LogP contribution is 2.45. The number of hydrogen-bond acceptors (Lipinski definition) is 3. The molecular weight excluding hydrogens is 703 g/mol. The minimum Gasteiger partial charge on any atom is -0.250 e. The molecule has 3 aromatic heterocycles. The number of rotatable bonds is 4. The smallest absolute Gasteiger partial charge is 0.0972 e. The van der Waals surface area contributed by atoms with Gasteiger partial charge in [-0.1, -0.05) is 176 Å². The van der Waals surface area contributed by atoms with Crippen molar-refractivity contribution >= 4 is 76.2 Å². The molecule has 58 heavy (non-hydrogen) atoms. The fraction of sp³-hybridized carbons (Fsp3) is 0.0727. The highest BCUT2D eigenvalue weighted by molar-refractivity contribution is 6.31. The van der Waals surface area contributed by atoms with E-state index >= 15 is 0 Å². The molecule has 3 nitrogen and oxygen atoms in total. The third-order valence-corrected chi connectivity index (χ3v) is 12.5. The van der Waals surface area contributed by atoms with Crippen molar-refractivity contribution in [2.24, 2.45) is 5.92 Å². The molecule has 272 valence electrons. The standard InChI is InChI=1S/C55H37N3/c1-2-12-35(13-3-1)49-32-28-37-26-27-38-29-33-50(57-54(38)53(37)56-49)44-31-30-39(40-14-4-5-15-41(40)44)34-22-24-36(25-23-34)52-48-21-11-9-19-46(48)51-45-18-8-6-16-42(45)43-17-7-10-20-47(43)55(51)58-52/h1-2,4-12,14-33,41,44H,3,13H2. The first-order chi connectivity index (χ1) is 28.8. The lowest BCUT2D eigenvalue weighted by Crippen LogP contribution is -2.17. The zero-order valence-corrected chi connectivity index (χ0v) is 31.8. The van der Waals surface area contributed by atoms with Crippen LogP contribution in [0.3, 0.4) is 0 Å². The van der Waals surface area contributed by atoms with E-state index in [2.05, 4.69) is 188 Å². The molecule has 2 atom stereocenters. The summed E-state index contributed by atoms with van der Waals surface area (Å²) in [6.07, 6.45) is 22.3. The Hall–Kier alpha value is -7.23. The van der Waals surface area contributed by atoms with E-state index in [1.54, 1.807) is 0 Å². The van der Waals surface area contributed by atoms with Crippen molar-refractivity contribution in [3.8, 4) is 11.3 Å². The molecule has 3 heteroatoms. The Morgan fingerprint density at radius 1 is 0.466 bits per heavy atom. The number of benzene rings is 6. The topological polar surface area (TPSA) is 38.7 Å². The van der Waals surface area contributed by atoms with Crippen LogP contribution in [0, 0.1) is 5.92 Å². The van der Waals surface area contributed by atoms with Crippen molar-refractivity contribution in [3.63, 3.8) is 0 Å². The Labute approximate surface area is 336 Å². The quantitative estimate of drug-likeness (QED) is 0.169. The summed E-state index contributed by atoms with van der Waals surface area (Å²) in [6.45, 7) is 0. The van der Waals surface area contributed by atoms with Crippen LogP contribution >= 0.6 is 0 Å². The van der Waals surface area contributed by atoms with Gasteiger partial charge in [-0.2, -0.15) is 0 Å². The summed E-state index contributed by atoms with van der Waals surface area (Å²) in [6, 6.07) is 48.3. The molecule has 0 fully saturated rings. The molecule has 3 heterocycles. The summed E-state index contributed by atoms with van der Waals surface area (Å²) in [5.74, 6) is 0.272. The minimum absolute atomic E-state index is 0.104. The van der Waals surface area contributed by atoms with E-state index in [-0.39, 0.29) is 11.8 Å². The maximum atomic E-state index is 5.51. The number of allylic oxidation sites excluding steroid dienone is 12. The number of hydrogen-bond donors (Lipinski definition) is 0. The average molecular weight is 740 g/mol. The normalized spacial score (nSPS) is 17.6. The summed E-state index contributed by atoms with van der Waals surface area (Å²) >= 11 is 0. The van der Waals surface area contributed by atoms with Crippen molar-refractivity contribution in [1.29, 1.82) is 0 Å². The molecule has 9 aromatic rings. The van der Waals surface area contributed by atoms with Gasteiger partial charge in [0, 0.05) is 50.0 Å². The first-order valence-electron chi connectivity index (χ1n) is 20.3. The Morgan fingerprint density at radius 2 is 1.12 bits per heavy atom. The van der Waals surface area contributed by atoms with Crippen LogP contribution in [-0.2, 0) is 0 Å². The molecule has 0 spiro atoms. The van der Waals surface area contributed by atoms with Crippen LogP contribution in [0.1, 0.15) is 35.7 Å². The van der Waals surface area contributed by atoms with Crippen LogP contribution in [0.5, 0.6) is 0 Å². The SMILES string of the molecule is C1=CCCC(c2ccc3ccc4ccc(C5C=CC(c6ccc(-c7nc8c9ccccc9c9ccccc9c8c8ccccc78)cc6)=C6C=CC=CC65)nc4c3n2)=C1. The van der Waals surface area contributed by atoms with Gasteiger partial charge in [-0.05, 0) is 68.8 Å². The zero-order chi connectivity index (χ0) is 38.2. The highest BCUT2D eigenvalue weighted by atomic mass is 14.8. The summed E-state index contributed by atoms with van der Waals surface area (Å²) < 4.78 is 0. The average Bonchev–Trinajstić information content (AvgIpc) is 3.31. The second-order valence-corrected chi connectivity index (χ2v) is 15.7. The first kappa shape index (κ1) is 33.0. The lowest BCUT2D eigenvalue weighted by Gasteiger charge is -2.30. The molecule has 0 aliphatic heterocycles. The lowest BCUT2D eigenvalue weighted by molar-refractivity contribution is 0.658. The third kappa shape index (κ3) is 5.17. The summed E-state index contributed by atoms with van der Waals surface area (Å²) in [5.41, 5.74) is 12.2. The van der Waals surface area contributed by atoms with Crippen LogP contribution in [0.15, 0.2) is 194 Å². The lowest BCUT2D eigenvalue weighted by atomic mass is 9.74. The molecular formula is C55H37N3. The van der Waals surface area contributed by atoms with Crippen molar-refractivity contribution < 1.29 is 0 Å². The molecule has 3 aliphatic carbocycles. The first-order valence-corrected chi connectivity index (χ1v) is 20.3. The van der Waals surface area contributed by atoms with Crippen molar-refractivity contribution in [1.82, 2.24) is 15.0 Å². The highest BCUT2D eigenvalue weighted by Gasteiger charge is 2.29. The van der Waals surface area contributed by atoms with Gasteiger partial charge in [0.05, 0.1) is 27.9 Å². The van der Waals surface area contributed by atoms with Crippen molar-refractivity contribution in [2.75, 3.05) is 0 Å². The monoisotopic (exact) mass is 739 g/mol. The second-order valence-electron chi connectivity index (χ2n) is 15.7. The Balaban J connectivity index is 0.936. The largest absolute Gasteiger partial charge is 0.250 e. The maximum Gasteiger partial charge on any atom is 0.0972 e. The molecule has 0 radical (unpaired) electrons. The Bertz CT molecular complexity index is 3390. The van der Waals surface area contributed by atoms with Gasteiger partial charge >= 0.3 is 0 Å². The van der Waals surface area contributed by atoms with Gasteiger partial charge < -0.3 is 0 Å². The molecule has 0 N–H and O–H groups in total. The predicted molar refractivity (Wildman–Crippen MR) is 244 cm³/mol. The van der Waals surface area contributed by atoms with Gasteiger partial charge in [-0.15, -0.1) is 0 Å². The molecule has 0 saturated carbocycles. The van der Waals surface area contributed by atoms with E-state index in [0.29, 0.717) is 0 Å². The molecule has 6 aromatic carbocycles. The van der Waals surface area contributed by atoms with Gasteiger partial charge in [-0.3, -0.25) is 0 Å². The van der Waals surface area contributed by atoms with Gasteiger partial charge in [0.15, 0.2) is 0 Å². The zero-order valence-electron chi connectivity index (χ0n) is 31.8. The van der Waals surface area contributed by atoms with Crippen molar-refractivity contribution in [2.45, 2.75) is 18.8 Å². The van der Waals surface area contributed by atoms with E-state index in [0.717, 1.165) is 68.2 Å². The number of aromatic nitrogens is 3. The van der Waals surface area contributed by atoms with E-state index in [4.69, 9.17) is 15.0 Å². The van der Waals surface area contributed by atoms with Crippen LogP contribution < -0.4 is 0 Å². The van der Waals surface area contributed by atoms with Crippen molar-refractivity contribution in [3.05, 3.63) is 211 Å². The number of fused-ring (bicyclic) bond motifs is 12. The van der Waals surface area contributed by atoms with Crippen LogP contribution in [0.2, 0.25) is 0 Å². The Kier molecular flexibility index (Phi) is 7.49. The summed E-state index contributed by atoms with van der Waals surface area (Å²) in [5, 5.41) is 10.8. The van der Waals surface area contributed by atoms with Gasteiger partial charge in [0.2, 0.25) is 0 Å². The molecule has 0 bridgehead atoms. The third-order valence-electron chi connectivity index (χ3n) is 12.5. The fourth-order valence-corrected chi connectivity index (χ4v) is 9.68. The Morgan fingerprint density at radius 3 is 1.90 bits per heavy atom. The van der Waals surface area contributed by atoms with Crippen LogP contribution in [-0.4, -0.2) is 15.0 Å². The second kappa shape index (κ2) is 13.2. The van der Waals surface area contributed by atoms with E-state index in [9.17, 15) is 0 Å².